The lowest BCUT2D eigenvalue weighted by Gasteiger charge is -2.22. The maximum Gasteiger partial charge on any atom is 0.0999 e. The Hall–Kier alpha value is -8.64. The van der Waals surface area contributed by atoms with E-state index in [0.29, 0.717) is 11.1 Å². The molecule has 0 fully saturated rings. The molecular weight excluding hydrogens is 851 g/mol. The Kier molecular flexibility index (Phi) is 10.7. The van der Waals surface area contributed by atoms with Gasteiger partial charge in [-0.3, -0.25) is 0 Å². The van der Waals surface area contributed by atoms with Crippen molar-refractivity contribution in [2.24, 2.45) is 0 Å². The molecule has 5 heteroatoms. The molecule has 0 unspecified atom stereocenters. The fourth-order valence-corrected chi connectivity index (χ4v) is 11.6. The van der Waals surface area contributed by atoms with Gasteiger partial charge in [-0.05, 0) is 159 Å². The number of fused-ring (bicyclic) bond motifs is 9. The van der Waals surface area contributed by atoms with Crippen molar-refractivity contribution in [1.82, 2.24) is 13.7 Å². The summed E-state index contributed by atoms with van der Waals surface area (Å²) in [4.78, 5) is 0. The first-order valence-corrected chi connectivity index (χ1v) is 24.6. The Balaban J connectivity index is 0.000000310. The number of para-hydroxylation sites is 4. The van der Waals surface area contributed by atoms with Crippen LogP contribution in [0.1, 0.15) is 82.9 Å². The minimum Gasteiger partial charge on any atom is -0.309 e. The van der Waals surface area contributed by atoms with Crippen LogP contribution in [0.15, 0.2) is 175 Å². The van der Waals surface area contributed by atoms with Crippen molar-refractivity contribution >= 4 is 61.3 Å². The molecule has 3 aliphatic rings. The molecule has 70 heavy (non-hydrogen) atoms. The van der Waals surface area contributed by atoms with Gasteiger partial charge < -0.3 is 13.7 Å². The summed E-state index contributed by atoms with van der Waals surface area (Å²) in [5.41, 5.74) is 21.5. The van der Waals surface area contributed by atoms with Crippen molar-refractivity contribution in [3.8, 4) is 40.3 Å². The van der Waals surface area contributed by atoms with Crippen molar-refractivity contribution in [3.05, 3.63) is 226 Å². The second-order valence-electron chi connectivity index (χ2n) is 18.9. The molecular formula is C65H51N5. The molecule has 7 aromatic carbocycles. The second kappa shape index (κ2) is 17.5. The van der Waals surface area contributed by atoms with E-state index in [1.807, 2.05) is 6.07 Å². The third-order valence-corrected chi connectivity index (χ3v) is 14.9. The van der Waals surface area contributed by atoms with Gasteiger partial charge in [-0.25, -0.2) is 0 Å². The lowest BCUT2D eigenvalue weighted by atomic mass is 9.90. The summed E-state index contributed by atoms with van der Waals surface area (Å²) < 4.78 is 7.04. The van der Waals surface area contributed by atoms with Gasteiger partial charge in [0.15, 0.2) is 0 Å². The summed E-state index contributed by atoms with van der Waals surface area (Å²) in [7, 11) is 0. The van der Waals surface area contributed by atoms with Crippen LogP contribution in [0.4, 0.5) is 0 Å². The lowest BCUT2D eigenvalue weighted by molar-refractivity contribution is 0.962. The van der Waals surface area contributed by atoms with Crippen LogP contribution in [-0.4, -0.2) is 13.7 Å². The maximum atomic E-state index is 11.1. The number of aryl methyl sites for hydroxylation is 4. The molecule has 10 aromatic rings. The van der Waals surface area contributed by atoms with Crippen LogP contribution in [0.2, 0.25) is 0 Å². The largest absolute Gasteiger partial charge is 0.309 e. The van der Waals surface area contributed by atoms with Gasteiger partial charge in [0.2, 0.25) is 0 Å². The molecule has 0 bridgehead atoms. The highest BCUT2D eigenvalue weighted by molar-refractivity contribution is 6.10. The van der Waals surface area contributed by atoms with Gasteiger partial charge in [0.1, 0.15) is 0 Å². The number of nitrogens with zero attached hydrogens (tertiary/aromatic N) is 5. The molecule has 336 valence electrons. The van der Waals surface area contributed by atoms with E-state index in [4.69, 9.17) is 0 Å². The minimum atomic E-state index is 0.515. The zero-order valence-electron chi connectivity index (χ0n) is 39.8. The van der Waals surface area contributed by atoms with Gasteiger partial charge >= 0.3 is 0 Å². The SMILES string of the molecule is CC1=C(c2ccccc2C)CCC=C1.Cc1cc(C#N)c(-c2cc(-n3c4ccccc4c4ccccc43)c(-n3c4c(c5ccccc53)CCC=C4)cc2C#N)cc1-n1c2c(c3ccccc31)CCC=C2. The number of aromatic nitrogens is 3. The first kappa shape index (κ1) is 42.7. The van der Waals surface area contributed by atoms with E-state index in [-0.39, 0.29) is 0 Å². The van der Waals surface area contributed by atoms with Crippen LogP contribution < -0.4 is 0 Å². The Morgan fingerprint density at radius 2 is 0.843 bits per heavy atom. The predicted octanol–water partition coefficient (Wildman–Crippen LogP) is 16.4. The number of hydrogen-bond donors (Lipinski definition) is 0. The summed E-state index contributed by atoms with van der Waals surface area (Å²) >= 11 is 0. The fraction of sp³-hybridized carbons (Fsp3) is 0.138. The molecule has 5 nitrogen and oxygen atoms in total. The average Bonchev–Trinajstić information content (AvgIpc) is 4.05. The topological polar surface area (TPSA) is 62.4 Å². The normalized spacial score (nSPS) is 13.9. The Labute approximate surface area is 409 Å². The highest BCUT2D eigenvalue weighted by atomic mass is 15.1. The molecule has 3 heterocycles. The maximum absolute atomic E-state index is 11.1. The molecule has 13 rings (SSSR count). The summed E-state index contributed by atoms with van der Waals surface area (Å²) in [6.07, 6.45) is 19.8. The van der Waals surface area contributed by atoms with E-state index in [1.54, 1.807) is 0 Å². The van der Waals surface area contributed by atoms with Gasteiger partial charge in [-0.15, -0.1) is 0 Å². The first-order valence-electron chi connectivity index (χ1n) is 24.6. The molecule has 0 N–H and O–H groups in total. The number of rotatable bonds is 5. The number of benzene rings is 7. The second-order valence-corrected chi connectivity index (χ2v) is 18.9. The van der Waals surface area contributed by atoms with Crippen LogP contribution in [0.5, 0.6) is 0 Å². The third kappa shape index (κ3) is 6.89. The van der Waals surface area contributed by atoms with Crippen molar-refractivity contribution in [2.75, 3.05) is 0 Å². The standard InChI is InChI=1S/C51H35N5.C14H16/c1-32-26-33(30-52)41(28-49(32)54-43-20-8-2-14-35(43)36-15-3-9-21-44(36)54)42-29-51(56-47-24-12-6-18-39(47)40-19-7-13-25-48(40)56)50(27-34(42)31-53)55-45-22-10-4-16-37(45)38-17-5-11-23-46(38)55;1-11-7-3-5-9-13(11)14-10-6-4-8-12(14)2/h2,4,6-14,16,18-29H,3,5,15,17H2,1H3;3-5,7-9H,6,10H2,1-2H3. The molecule has 0 atom stereocenters. The molecule has 0 spiro atoms. The number of hydrogen-bond acceptors (Lipinski definition) is 2. The highest BCUT2D eigenvalue weighted by Crippen LogP contribution is 2.44. The van der Waals surface area contributed by atoms with Gasteiger partial charge in [-0.1, -0.05) is 121 Å². The lowest BCUT2D eigenvalue weighted by Crippen LogP contribution is -2.08. The van der Waals surface area contributed by atoms with Crippen molar-refractivity contribution < 1.29 is 0 Å². The monoisotopic (exact) mass is 901 g/mol. The fourth-order valence-electron chi connectivity index (χ4n) is 11.6. The zero-order chi connectivity index (χ0) is 47.5. The van der Waals surface area contributed by atoms with Crippen LogP contribution >= 0.6 is 0 Å². The Bertz CT molecular complexity index is 3950. The van der Waals surface area contributed by atoms with E-state index in [2.05, 4.69) is 223 Å². The van der Waals surface area contributed by atoms with E-state index in [0.717, 1.165) is 98.0 Å². The van der Waals surface area contributed by atoms with Crippen LogP contribution in [0.3, 0.4) is 0 Å². The van der Waals surface area contributed by atoms with Gasteiger partial charge in [0, 0.05) is 49.7 Å². The molecule has 0 saturated heterocycles. The van der Waals surface area contributed by atoms with E-state index in [1.165, 1.54) is 62.7 Å². The smallest absolute Gasteiger partial charge is 0.0999 e. The molecule has 3 aliphatic carbocycles. The summed E-state index contributed by atoms with van der Waals surface area (Å²) in [5, 5.41) is 26.7. The molecule has 0 aliphatic heterocycles. The van der Waals surface area contributed by atoms with E-state index in [9.17, 15) is 10.5 Å². The molecule has 0 radical (unpaired) electrons. The number of allylic oxidation sites excluding steroid dienone is 6. The van der Waals surface area contributed by atoms with Crippen molar-refractivity contribution in [3.63, 3.8) is 0 Å². The van der Waals surface area contributed by atoms with Gasteiger partial charge in [0.05, 0.1) is 56.7 Å². The average molecular weight is 902 g/mol. The summed E-state index contributed by atoms with van der Waals surface area (Å²) in [5.74, 6) is 0. The molecule has 0 amide bonds. The van der Waals surface area contributed by atoms with Crippen LogP contribution in [-0.2, 0) is 12.8 Å². The summed E-state index contributed by atoms with van der Waals surface area (Å²) in [6.45, 7) is 6.48. The van der Waals surface area contributed by atoms with Crippen LogP contribution in [0.25, 0.3) is 89.5 Å². The third-order valence-electron chi connectivity index (χ3n) is 14.9. The minimum absolute atomic E-state index is 0.515. The highest BCUT2D eigenvalue weighted by Gasteiger charge is 2.27. The Morgan fingerprint density at radius 1 is 0.400 bits per heavy atom. The van der Waals surface area contributed by atoms with Crippen molar-refractivity contribution in [1.29, 1.82) is 10.5 Å². The van der Waals surface area contributed by atoms with Gasteiger partial charge in [0.25, 0.3) is 0 Å². The molecule has 0 saturated carbocycles. The quantitative estimate of drug-likeness (QED) is 0.173. The van der Waals surface area contributed by atoms with E-state index >= 15 is 0 Å². The zero-order valence-corrected chi connectivity index (χ0v) is 39.8. The predicted molar refractivity (Wildman–Crippen MR) is 291 cm³/mol. The Morgan fingerprint density at radius 3 is 1.40 bits per heavy atom. The van der Waals surface area contributed by atoms with Crippen molar-refractivity contribution in [2.45, 2.75) is 59.3 Å². The molecule has 3 aromatic heterocycles. The summed E-state index contributed by atoms with van der Waals surface area (Å²) in [6, 6.07) is 56.5. The number of nitriles is 2. The van der Waals surface area contributed by atoms with Gasteiger partial charge in [-0.2, -0.15) is 10.5 Å². The van der Waals surface area contributed by atoms with Crippen LogP contribution in [0, 0.1) is 36.5 Å². The van der Waals surface area contributed by atoms with E-state index < -0.39 is 0 Å². The first-order chi connectivity index (χ1) is 34.4.